The van der Waals surface area contributed by atoms with Crippen LogP contribution in [0.4, 0.5) is 27.6 Å². The minimum atomic E-state index is -5.17. The molecule has 0 saturated carbocycles. The Morgan fingerprint density at radius 3 is 2.25 bits per heavy atom. The van der Waals surface area contributed by atoms with Crippen molar-refractivity contribution in [2.75, 3.05) is 20.3 Å². The van der Waals surface area contributed by atoms with E-state index >= 15 is 16.8 Å². The average Bonchev–Trinajstić information content (AvgIpc) is 4.09. The quantitative estimate of drug-likeness (QED) is 0.0379. The minimum absolute atomic E-state index is 0.0356. The molecule has 1 aliphatic heterocycles. The molecule has 16 nitrogen and oxygen atoms in total. The zero-order valence-electron chi connectivity index (χ0n) is 37.8. The summed E-state index contributed by atoms with van der Waals surface area (Å²) in [4.78, 5) is 10.4. The first kappa shape index (κ1) is 50.3. The van der Waals surface area contributed by atoms with E-state index in [9.17, 15) is 22.0 Å². The Labute approximate surface area is 415 Å². The van der Waals surface area contributed by atoms with Gasteiger partial charge in [0.25, 0.3) is 11.3 Å². The van der Waals surface area contributed by atoms with E-state index in [4.69, 9.17) is 28.3 Å². The van der Waals surface area contributed by atoms with E-state index in [1.807, 2.05) is 0 Å². The Morgan fingerprint density at radius 1 is 0.833 bits per heavy atom. The van der Waals surface area contributed by atoms with Gasteiger partial charge in [-0.25, -0.2) is 17.2 Å². The van der Waals surface area contributed by atoms with Gasteiger partial charge in [-0.15, -0.1) is 4.84 Å². The standard InChI is InChI=1S/C48H39BrF5N6O10S2/c1-28-7-13-36(14-8-28)71(61,62)46(31-11-17-41-32(21-31)26-55-57-41)70-60(72(63,64)37-15-9-29(2)10-16-37)42-18-12-35(65-3)25-38(42)48(59-60,67-20-19-66-44-39(49)23-34(50)24-40(44)51)68-27-43-56-45(69-58-43)30-5-4-6-33(22-30)47(52,53)54/h4-18,21-26,46,59H,19-20,27H2,1-3H3,(H,55,57)/q+1. The van der Waals surface area contributed by atoms with Gasteiger partial charge in [0, 0.05) is 32.8 Å². The largest absolute Gasteiger partial charge is 0.497 e. The number of quaternary nitrogens is 1. The fourth-order valence-electron chi connectivity index (χ4n) is 7.74. The number of methoxy groups -OCH3 is 1. The molecule has 1 aliphatic rings. The second-order valence-corrected chi connectivity index (χ2v) is 21.0. The van der Waals surface area contributed by atoms with Crippen molar-refractivity contribution in [3.05, 3.63) is 177 Å². The first-order valence-electron chi connectivity index (χ1n) is 21.4. The summed E-state index contributed by atoms with van der Waals surface area (Å²) in [6.07, 6.45) is -3.26. The zero-order valence-corrected chi connectivity index (χ0v) is 41.0. The van der Waals surface area contributed by atoms with Crippen molar-refractivity contribution in [1.29, 1.82) is 0 Å². The molecule has 72 heavy (non-hydrogen) atoms. The van der Waals surface area contributed by atoms with Crippen LogP contribution in [0.3, 0.4) is 0 Å². The number of H-pyrrole nitrogens is 1. The molecule has 3 heterocycles. The molecule has 0 spiro atoms. The first-order chi connectivity index (χ1) is 34.2. The van der Waals surface area contributed by atoms with E-state index in [1.165, 1.54) is 86.1 Å². The summed E-state index contributed by atoms with van der Waals surface area (Å²) in [7, 11) is -8.62. The molecule has 374 valence electrons. The molecule has 0 aliphatic carbocycles. The van der Waals surface area contributed by atoms with Gasteiger partial charge in [0.2, 0.25) is 15.5 Å². The predicted octanol–water partition coefficient (Wildman–Crippen LogP) is 10.0. The van der Waals surface area contributed by atoms with E-state index in [-0.39, 0.29) is 54.1 Å². The van der Waals surface area contributed by atoms with Crippen molar-refractivity contribution in [2.45, 2.75) is 47.8 Å². The van der Waals surface area contributed by atoms with Crippen LogP contribution in [0.5, 0.6) is 11.5 Å². The number of halogens is 6. The Morgan fingerprint density at radius 2 is 1.56 bits per heavy atom. The molecule has 2 aromatic heterocycles. The van der Waals surface area contributed by atoms with Crippen molar-refractivity contribution >= 4 is 52.4 Å². The minimum Gasteiger partial charge on any atom is -0.497 e. The van der Waals surface area contributed by atoms with Gasteiger partial charge in [0.1, 0.15) is 35.2 Å². The number of rotatable bonds is 17. The molecular formula is C48H39BrF5N6O10S2+. The highest BCUT2D eigenvalue weighted by atomic mass is 79.9. The molecule has 3 atom stereocenters. The highest BCUT2D eigenvalue weighted by Gasteiger charge is 2.67. The van der Waals surface area contributed by atoms with Crippen LogP contribution in [0.2, 0.25) is 0 Å². The van der Waals surface area contributed by atoms with Crippen LogP contribution >= 0.6 is 15.9 Å². The maximum absolute atomic E-state index is 15.9. The fourth-order valence-corrected chi connectivity index (χ4v) is 11.5. The molecule has 0 bridgehead atoms. The zero-order chi connectivity index (χ0) is 51.2. The van der Waals surface area contributed by atoms with Crippen LogP contribution < -0.4 is 19.1 Å². The van der Waals surface area contributed by atoms with Crippen molar-refractivity contribution in [3.63, 3.8) is 0 Å². The van der Waals surface area contributed by atoms with Gasteiger partial charge in [0.05, 0.1) is 40.4 Å². The second-order valence-electron chi connectivity index (χ2n) is 16.2. The Hall–Kier alpha value is -6.64. The van der Waals surface area contributed by atoms with Crippen LogP contribution in [0, 0.1) is 25.5 Å². The van der Waals surface area contributed by atoms with Crippen molar-refractivity contribution < 1.29 is 67.1 Å². The SMILES string of the molecule is COc1ccc2c(c1)C(OCCOc1c(F)cc(F)cc1Br)(OCc1noc(-c3cccc(C(F)(F)F)c3)n1)N[N+]2(OC(c1ccc2[nH]ncc2c1)S(=O)(=O)c1ccc(C)cc1)S(=O)(=O)c1ccc(C)cc1. The fraction of sp³-hybridized carbons (Fsp3) is 0.188. The summed E-state index contributed by atoms with van der Waals surface area (Å²) >= 11 is 3.08. The number of sulfone groups is 1. The molecule has 24 heteroatoms. The third-order valence-corrected chi connectivity index (χ3v) is 15.7. The number of benzene rings is 6. The van der Waals surface area contributed by atoms with Gasteiger partial charge in [-0.2, -0.15) is 31.7 Å². The number of ether oxygens (including phenoxy) is 4. The maximum Gasteiger partial charge on any atom is 0.416 e. The third-order valence-electron chi connectivity index (χ3n) is 11.3. The lowest BCUT2D eigenvalue weighted by molar-refractivity contribution is -0.307. The number of hydrogen-bond donors (Lipinski definition) is 2. The summed E-state index contributed by atoms with van der Waals surface area (Å²) in [6.45, 7) is 1.62. The number of fused-ring (bicyclic) bond motifs is 2. The Bertz CT molecular complexity index is 3530. The van der Waals surface area contributed by atoms with Crippen molar-refractivity contribution in [3.8, 4) is 23.0 Å². The molecule has 0 fully saturated rings. The van der Waals surface area contributed by atoms with Crippen molar-refractivity contribution in [2.24, 2.45) is 0 Å². The lowest BCUT2D eigenvalue weighted by Crippen LogP contribution is -2.66. The van der Waals surface area contributed by atoms with Gasteiger partial charge in [-0.3, -0.25) is 5.10 Å². The molecule has 0 radical (unpaired) electrons. The van der Waals surface area contributed by atoms with Crippen LogP contribution in [0.25, 0.3) is 22.4 Å². The molecule has 0 amide bonds. The maximum atomic E-state index is 15.9. The van der Waals surface area contributed by atoms with Crippen LogP contribution in [-0.2, 0) is 52.9 Å². The summed E-state index contributed by atoms with van der Waals surface area (Å²) in [5.74, 6) is -5.51. The van der Waals surface area contributed by atoms with E-state index in [2.05, 4.69) is 41.7 Å². The van der Waals surface area contributed by atoms with Crippen LogP contribution in [-0.4, -0.2) is 57.5 Å². The number of aromatic nitrogens is 4. The third kappa shape index (κ3) is 9.58. The molecule has 3 unspecified atom stereocenters. The molecule has 2 N–H and O–H groups in total. The topological polar surface area (TPSA) is 194 Å². The summed E-state index contributed by atoms with van der Waals surface area (Å²) < 4.78 is 160. The predicted molar refractivity (Wildman–Crippen MR) is 251 cm³/mol. The number of nitrogens with zero attached hydrogens (tertiary/aromatic N) is 4. The summed E-state index contributed by atoms with van der Waals surface area (Å²) in [5, 5.41) is 11.2. The molecule has 6 aromatic carbocycles. The van der Waals surface area contributed by atoms with Crippen molar-refractivity contribution in [1.82, 2.24) is 29.9 Å². The second kappa shape index (κ2) is 19.4. The molecule has 9 rings (SSSR count). The lowest BCUT2D eigenvalue weighted by Gasteiger charge is -2.35. The Balaban J connectivity index is 1.22. The van der Waals surface area contributed by atoms with Crippen LogP contribution in [0.15, 0.2) is 146 Å². The monoisotopic (exact) mass is 1100 g/mol. The van der Waals surface area contributed by atoms with E-state index < -0.39 is 84.3 Å². The Kier molecular flexibility index (Phi) is 13.6. The van der Waals surface area contributed by atoms with Crippen LogP contribution in [0.1, 0.15) is 39.1 Å². The van der Waals surface area contributed by atoms with E-state index in [0.717, 1.165) is 29.8 Å². The number of sulfonamides is 1. The number of alkyl halides is 3. The summed E-state index contributed by atoms with van der Waals surface area (Å²) in [6, 6.07) is 25.6. The highest BCUT2D eigenvalue weighted by Crippen LogP contribution is 2.51. The van der Waals surface area contributed by atoms with Gasteiger partial charge >= 0.3 is 22.1 Å². The smallest absolute Gasteiger partial charge is 0.416 e. The summed E-state index contributed by atoms with van der Waals surface area (Å²) in [5.41, 5.74) is 0.966. The lowest BCUT2D eigenvalue weighted by atomic mass is 10.1. The number of hydrogen-bond acceptors (Lipinski definition) is 14. The van der Waals surface area contributed by atoms with Gasteiger partial charge in [0.15, 0.2) is 17.4 Å². The first-order valence-corrected chi connectivity index (χ1v) is 25.2. The highest BCUT2D eigenvalue weighted by molar-refractivity contribution is 9.10. The normalized spacial score (nSPS) is 17.5. The van der Waals surface area contributed by atoms with Gasteiger partial charge < -0.3 is 23.5 Å². The van der Waals surface area contributed by atoms with Gasteiger partial charge in [-0.05, 0) is 108 Å². The molecule has 8 aromatic rings. The molecule has 0 saturated heterocycles. The number of aromatic amines is 1. The number of aryl methyl sites for hydroxylation is 2. The molecular weight excluding hydrogens is 1060 g/mol. The van der Waals surface area contributed by atoms with E-state index in [0.29, 0.717) is 22.5 Å². The van der Waals surface area contributed by atoms with E-state index in [1.54, 1.807) is 32.0 Å². The average molecular weight is 1100 g/mol. The number of nitrogens with one attached hydrogen (secondary N) is 2. The van der Waals surface area contributed by atoms with Gasteiger partial charge in [-0.1, -0.05) is 52.7 Å².